The van der Waals surface area contributed by atoms with Gasteiger partial charge in [-0.15, -0.1) is 0 Å². The van der Waals surface area contributed by atoms with Gasteiger partial charge in [0.25, 0.3) is 5.91 Å². The van der Waals surface area contributed by atoms with Gasteiger partial charge in [0.05, 0.1) is 6.04 Å². The third-order valence-electron chi connectivity index (χ3n) is 5.93. The summed E-state index contributed by atoms with van der Waals surface area (Å²) >= 11 is 5.95. The van der Waals surface area contributed by atoms with E-state index >= 15 is 0 Å². The van der Waals surface area contributed by atoms with Gasteiger partial charge >= 0.3 is 0 Å². The number of hydrogen-bond acceptors (Lipinski definition) is 4. The minimum Gasteiger partial charge on any atom is -0.484 e. The normalized spacial score (nSPS) is 23.8. The third-order valence-corrected chi connectivity index (χ3v) is 6.16. The Morgan fingerprint density at radius 2 is 1.96 bits per heavy atom. The molecule has 0 radical (unpaired) electrons. The molecule has 2 amide bonds. The van der Waals surface area contributed by atoms with Crippen LogP contribution in [0.25, 0.3) is 0 Å². The highest BCUT2D eigenvalue weighted by Gasteiger charge is 2.38. The van der Waals surface area contributed by atoms with E-state index in [1.54, 1.807) is 24.3 Å². The highest BCUT2D eigenvalue weighted by atomic mass is 35.5. The molecule has 4 rings (SSSR count). The number of nitrogens with zero attached hydrogens (tertiary/aromatic N) is 3. The largest absolute Gasteiger partial charge is 0.484 e. The van der Waals surface area contributed by atoms with Gasteiger partial charge in [0.1, 0.15) is 5.75 Å². The zero-order valence-electron chi connectivity index (χ0n) is 16.2. The van der Waals surface area contributed by atoms with Gasteiger partial charge in [0.2, 0.25) is 5.91 Å². The highest BCUT2D eigenvalue weighted by Crippen LogP contribution is 2.31. The van der Waals surface area contributed by atoms with E-state index in [0.29, 0.717) is 23.9 Å². The Bertz CT molecular complexity index is 725. The molecular weight excluding hydrogens is 378 g/mol. The molecule has 1 saturated carbocycles. The van der Waals surface area contributed by atoms with E-state index in [4.69, 9.17) is 16.3 Å². The molecule has 2 saturated heterocycles. The summed E-state index contributed by atoms with van der Waals surface area (Å²) < 4.78 is 5.59. The second-order valence-corrected chi connectivity index (χ2v) is 8.48. The topological polar surface area (TPSA) is 53.1 Å². The van der Waals surface area contributed by atoms with Crippen LogP contribution in [0.4, 0.5) is 0 Å². The van der Waals surface area contributed by atoms with Crippen LogP contribution in [0.3, 0.4) is 0 Å². The van der Waals surface area contributed by atoms with E-state index < -0.39 is 0 Å². The molecule has 1 aromatic rings. The van der Waals surface area contributed by atoms with Crippen LogP contribution in [0.15, 0.2) is 24.3 Å². The SMILES string of the molecule is O=C(COc1cccc(Cl)c1)N1CCCN([C@H]2CCN(CC3CC3)C2=O)CC1. The summed E-state index contributed by atoms with van der Waals surface area (Å²) in [5, 5.41) is 0.590. The van der Waals surface area contributed by atoms with Crippen molar-refractivity contribution in [2.45, 2.75) is 31.7 Å². The second kappa shape index (κ2) is 8.70. The minimum atomic E-state index is -0.0186. The predicted molar refractivity (Wildman–Crippen MR) is 107 cm³/mol. The van der Waals surface area contributed by atoms with Crippen molar-refractivity contribution < 1.29 is 14.3 Å². The predicted octanol–water partition coefficient (Wildman–Crippen LogP) is 2.26. The van der Waals surface area contributed by atoms with Gasteiger partial charge in [-0.05, 0) is 49.8 Å². The lowest BCUT2D eigenvalue weighted by atomic mass is 10.2. The molecule has 0 bridgehead atoms. The molecule has 6 nitrogen and oxygen atoms in total. The molecule has 0 aromatic heterocycles. The van der Waals surface area contributed by atoms with Crippen molar-refractivity contribution in [3.63, 3.8) is 0 Å². The van der Waals surface area contributed by atoms with Crippen molar-refractivity contribution in [2.24, 2.45) is 5.92 Å². The van der Waals surface area contributed by atoms with E-state index in [9.17, 15) is 9.59 Å². The lowest BCUT2D eigenvalue weighted by Gasteiger charge is -2.26. The van der Waals surface area contributed by atoms with E-state index in [2.05, 4.69) is 9.80 Å². The quantitative estimate of drug-likeness (QED) is 0.728. The summed E-state index contributed by atoms with van der Waals surface area (Å²) in [7, 11) is 0. The molecule has 3 aliphatic rings. The third kappa shape index (κ3) is 4.78. The Hall–Kier alpha value is -1.79. The number of halogens is 1. The fourth-order valence-corrected chi connectivity index (χ4v) is 4.33. The van der Waals surface area contributed by atoms with Gasteiger partial charge in [-0.2, -0.15) is 0 Å². The number of rotatable bonds is 6. The maximum Gasteiger partial charge on any atom is 0.260 e. The van der Waals surface area contributed by atoms with Crippen LogP contribution in [0, 0.1) is 5.92 Å². The smallest absolute Gasteiger partial charge is 0.260 e. The van der Waals surface area contributed by atoms with Crippen LogP contribution in [0.1, 0.15) is 25.7 Å². The molecule has 3 fully saturated rings. The summed E-state index contributed by atoms with van der Waals surface area (Å²) in [5.74, 6) is 1.61. The molecule has 28 heavy (non-hydrogen) atoms. The lowest BCUT2D eigenvalue weighted by molar-refractivity contribution is -0.133. The number of carbonyl (C=O) groups is 2. The molecule has 0 N–H and O–H groups in total. The summed E-state index contributed by atoms with van der Waals surface area (Å²) in [6, 6.07) is 7.07. The Labute approximate surface area is 171 Å². The molecule has 1 aromatic carbocycles. The molecule has 1 atom stereocenters. The van der Waals surface area contributed by atoms with Crippen molar-refractivity contribution >= 4 is 23.4 Å². The van der Waals surface area contributed by atoms with Crippen LogP contribution in [0.2, 0.25) is 5.02 Å². The molecular formula is C21H28ClN3O3. The summed E-state index contributed by atoms with van der Waals surface area (Å²) in [6.07, 6.45) is 4.34. The number of carbonyl (C=O) groups excluding carboxylic acids is 2. The minimum absolute atomic E-state index is 0.00323. The van der Waals surface area contributed by atoms with Gasteiger partial charge in [-0.25, -0.2) is 0 Å². The molecule has 152 valence electrons. The number of ether oxygens (including phenoxy) is 1. The van der Waals surface area contributed by atoms with Crippen molar-refractivity contribution in [1.29, 1.82) is 0 Å². The van der Waals surface area contributed by atoms with Crippen molar-refractivity contribution in [3.05, 3.63) is 29.3 Å². The molecule has 0 spiro atoms. The standard InChI is InChI=1S/C21H28ClN3O3/c22-17-3-1-4-18(13-17)28-15-20(26)24-9-2-8-23(11-12-24)19-7-10-25(21(19)27)14-16-5-6-16/h1,3-4,13,16,19H,2,5-12,14-15H2/t19-/m0/s1. The van der Waals surface area contributed by atoms with Crippen LogP contribution < -0.4 is 4.74 Å². The van der Waals surface area contributed by atoms with Crippen molar-refractivity contribution in [1.82, 2.24) is 14.7 Å². The number of benzene rings is 1. The summed E-state index contributed by atoms with van der Waals surface area (Å²) in [6.45, 7) is 4.80. The average Bonchev–Trinajstić information content (AvgIpc) is 3.47. The van der Waals surface area contributed by atoms with Gasteiger partial charge in [-0.3, -0.25) is 14.5 Å². The maximum atomic E-state index is 12.8. The van der Waals surface area contributed by atoms with Crippen LogP contribution in [-0.4, -0.2) is 78.4 Å². The van der Waals surface area contributed by atoms with Gasteiger partial charge in [0.15, 0.2) is 6.61 Å². The van der Waals surface area contributed by atoms with Gasteiger partial charge < -0.3 is 14.5 Å². The first kappa shape index (κ1) is 19.5. The monoisotopic (exact) mass is 405 g/mol. The van der Waals surface area contributed by atoms with E-state index in [1.165, 1.54) is 12.8 Å². The van der Waals surface area contributed by atoms with E-state index in [0.717, 1.165) is 44.9 Å². The fraction of sp³-hybridized carbons (Fsp3) is 0.619. The van der Waals surface area contributed by atoms with E-state index in [-0.39, 0.29) is 24.5 Å². The van der Waals surface area contributed by atoms with E-state index in [1.807, 2.05) is 4.90 Å². The summed E-state index contributed by atoms with van der Waals surface area (Å²) in [5.41, 5.74) is 0. The molecule has 7 heteroatoms. The number of likely N-dealkylation sites (tertiary alicyclic amines) is 1. The van der Waals surface area contributed by atoms with Crippen molar-refractivity contribution in [2.75, 3.05) is 45.9 Å². The van der Waals surface area contributed by atoms with Crippen LogP contribution in [-0.2, 0) is 9.59 Å². The zero-order chi connectivity index (χ0) is 19.5. The Balaban J connectivity index is 1.26. The van der Waals surface area contributed by atoms with Crippen LogP contribution >= 0.6 is 11.6 Å². The lowest BCUT2D eigenvalue weighted by Crippen LogP contribution is -2.44. The maximum absolute atomic E-state index is 12.8. The van der Waals surface area contributed by atoms with Gasteiger partial charge in [-0.1, -0.05) is 17.7 Å². The summed E-state index contributed by atoms with van der Waals surface area (Å²) in [4.78, 5) is 31.5. The Kier molecular flexibility index (Phi) is 6.07. The van der Waals surface area contributed by atoms with Crippen molar-refractivity contribution in [3.8, 4) is 5.75 Å². The van der Waals surface area contributed by atoms with Gasteiger partial charge in [0, 0.05) is 44.3 Å². The Morgan fingerprint density at radius 1 is 1.11 bits per heavy atom. The number of hydrogen-bond donors (Lipinski definition) is 0. The molecule has 1 aliphatic carbocycles. The fourth-order valence-electron chi connectivity index (χ4n) is 4.15. The molecule has 2 aliphatic heterocycles. The first-order chi connectivity index (χ1) is 13.6. The van der Waals surface area contributed by atoms with Crippen LogP contribution in [0.5, 0.6) is 5.75 Å². The zero-order valence-corrected chi connectivity index (χ0v) is 16.9. The first-order valence-corrected chi connectivity index (χ1v) is 10.7. The second-order valence-electron chi connectivity index (χ2n) is 8.05. The first-order valence-electron chi connectivity index (χ1n) is 10.3. The number of amides is 2. The average molecular weight is 406 g/mol. The molecule has 2 heterocycles. The Morgan fingerprint density at radius 3 is 2.75 bits per heavy atom. The molecule has 0 unspecified atom stereocenters. The highest BCUT2D eigenvalue weighted by molar-refractivity contribution is 6.30.